The SMILES string of the molecule is CC(C=NNc1ccccc1)=NN=c1scc(-c2ccc(Br)cc2)n1-c1ccc(Br)cc1. The van der Waals surface area contributed by atoms with Crippen LogP contribution in [0.4, 0.5) is 5.69 Å². The van der Waals surface area contributed by atoms with Gasteiger partial charge >= 0.3 is 0 Å². The van der Waals surface area contributed by atoms with Crippen molar-refractivity contribution in [2.45, 2.75) is 6.92 Å². The van der Waals surface area contributed by atoms with Crippen molar-refractivity contribution in [1.29, 1.82) is 0 Å². The van der Waals surface area contributed by atoms with Crippen LogP contribution in [0.5, 0.6) is 0 Å². The molecule has 4 aromatic rings. The van der Waals surface area contributed by atoms with Gasteiger partial charge in [0.2, 0.25) is 4.80 Å². The molecule has 0 atom stereocenters. The average Bonchev–Trinajstić information content (AvgIpc) is 3.23. The average molecular weight is 569 g/mol. The molecule has 0 aliphatic carbocycles. The Kier molecular flexibility index (Phi) is 7.47. The molecule has 0 fully saturated rings. The Morgan fingerprint density at radius 2 is 1.56 bits per heavy atom. The highest BCUT2D eigenvalue weighted by Gasteiger charge is 2.10. The molecule has 0 bridgehead atoms. The Morgan fingerprint density at radius 1 is 0.906 bits per heavy atom. The maximum absolute atomic E-state index is 4.52. The summed E-state index contributed by atoms with van der Waals surface area (Å²) in [5.74, 6) is 0. The van der Waals surface area contributed by atoms with Gasteiger partial charge in [-0.2, -0.15) is 10.2 Å². The molecule has 0 saturated carbocycles. The number of hydrogen-bond acceptors (Lipinski definition) is 5. The number of para-hydroxylation sites is 1. The molecular formula is C24H19Br2N5S. The zero-order chi connectivity index (χ0) is 22.3. The van der Waals surface area contributed by atoms with E-state index in [9.17, 15) is 0 Å². The second-order valence-corrected chi connectivity index (χ2v) is 9.47. The van der Waals surface area contributed by atoms with Crippen molar-refractivity contribution in [3.05, 3.63) is 98.0 Å². The summed E-state index contributed by atoms with van der Waals surface area (Å²) < 4.78 is 4.17. The number of aromatic nitrogens is 1. The molecule has 0 aliphatic heterocycles. The quantitative estimate of drug-likeness (QED) is 0.196. The fourth-order valence-corrected chi connectivity index (χ4v) is 4.29. The molecule has 0 saturated heterocycles. The third-order valence-corrected chi connectivity index (χ3v) is 6.32. The maximum Gasteiger partial charge on any atom is 0.215 e. The first kappa shape index (κ1) is 22.4. The number of thiazole rings is 1. The summed E-state index contributed by atoms with van der Waals surface area (Å²) in [4.78, 5) is 0.772. The van der Waals surface area contributed by atoms with Crippen molar-refractivity contribution in [3.8, 4) is 16.9 Å². The zero-order valence-electron chi connectivity index (χ0n) is 17.1. The van der Waals surface area contributed by atoms with Crippen LogP contribution in [-0.4, -0.2) is 16.5 Å². The minimum atomic E-state index is 0.689. The van der Waals surface area contributed by atoms with Crippen LogP contribution in [0, 0.1) is 0 Å². The summed E-state index contributed by atoms with van der Waals surface area (Å²) in [6.45, 7) is 1.87. The minimum Gasteiger partial charge on any atom is -0.284 e. The maximum atomic E-state index is 4.52. The van der Waals surface area contributed by atoms with Crippen molar-refractivity contribution in [2.75, 3.05) is 5.43 Å². The van der Waals surface area contributed by atoms with Gasteiger partial charge < -0.3 is 0 Å². The van der Waals surface area contributed by atoms with Crippen LogP contribution in [0.15, 0.2) is 108 Å². The Morgan fingerprint density at radius 3 is 2.25 bits per heavy atom. The van der Waals surface area contributed by atoms with E-state index in [-0.39, 0.29) is 0 Å². The summed E-state index contributed by atoms with van der Waals surface area (Å²) in [5.41, 5.74) is 7.75. The van der Waals surface area contributed by atoms with Gasteiger partial charge in [-0.05, 0) is 61.0 Å². The van der Waals surface area contributed by atoms with Crippen LogP contribution in [0.2, 0.25) is 0 Å². The molecule has 0 spiro atoms. The van der Waals surface area contributed by atoms with E-state index in [0.29, 0.717) is 5.71 Å². The number of hydrogen-bond donors (Lipinski definition) is 1. The number of halogens is 2. The van der Waals surface area contributed by atoms with Gasteiger partial charge in [0, 0.05) is 20.0 Å². The zero-order valence-corrected chi connectivity index (χ0v) is 21.1. The third-order valence-electron chi connectivity index (χ3n) is 4.45. The molecule has 0 unspecified atom stereocenters. The van der Waals surface area contributed by atoms with Crippen LogP contribution in [0.1, 0.15) is 6.92 Å². The molecule has 8 heteroatoms. The molecule has 4 rings (SSSR count). The number of anilines is 1. The lowest BCUT2D eigenvalue weighted by molar-refractivity contribution is 0.971. The van der Waals surface area contributed by atoms with Crippen molar-refractivity contribution >= 4 is 60.8 Å². The third kappa shape index (κ3) is 5.70. The molecule has 0 radical (unpaired) electrons. The highest BCUT2D eigenvalue weighted by Crippen LogP contribution is 2.25. The van der Waals surface area contributed by atoms with Gasteiger partial charge in [0.05, 0.1) is 23.3 Å². The van der Waals surface area contributed by atoms with E-state index < -0.39 is 0 Å². The van der Waals surface area contributed by atoms with Gasteiger partial charge in [0.15, 0.2) is 0 Å². The van der Waals surface area contributed by atoms with Crippen LogP contribution in [0.25, 0.3) is 16.9 Å². The van der Waals surface area contributed by atoms with Crippen molar-refractivity contribution < 1.29 is 0 Å². The lowest BCUT2D eigenvalue weighted by atomic mass is 10.1. The first-order valence-electron chi connectivity index (χ1n) is 9.75. The smallest absolute Gasteiger partial charge is 0.215 e. The van der Waals surface area contributed by atoms with Gasteiger partial charge in [-0.25, -0.2) is 0 Å². The first-order chi connectivity index (χ1) is 15.6. The lowest BCUT2D eigenvalue weighted by Crippen LogP contribution is -2.14. The molecule has 1 aromatic heterocycles. The number of nitrogens with one attached hydrogen (secondary N) is 1. The lowest BCUT2D eigenvalue weighted by Gasteiger charge is -2.09. The molecule has 5 nitrogen and oxygen atoms in total. The summed E-state index contributed by atoms with van der Waals surface area (Å²) in [7, 11) is 0. The van der Waals surface area contributed by atoms with Gasteiger partial charge in [-0.15, -0.1) is 16.4 Å². The van der Waals surface area contributed by atoms with Crippen LogP contribution >= 0.6 is 43.2 Å². The number of nitrogens with zero attached hydrogens (tertiary/aromatic N) is 4. The fraction of sp³-hybridized carbons (Fsp3) is 0.0417. The molecule has 0 aliphatic rings. The topological polar surface area (TPSA) is 54.0 Å². The van der Waals surface area contributed by atoms with Crippen molar-refractivity contribution in [2.24, 2.45) is 15.3 Å². The van der Waals surface area contributed by atoms with E-state index in [1.54, 1.807) is 17.6 Å². The van der Waals surface area contributed by atoms with E-state index in [0.717, 1.165) is 36.4 Å². The van der Waals surface area contributed by atoms with Crippen LogP contribution < -0.4 is 10.2 Å². The van der Waals surface area contributed by atoms with Gasteiger partial charge in [0.25, 0.3) is 0 Å². The van der Waals surface area contributed by atoms with Crippen molar-refractivity contribution in [1.82, 2.24) is 4.57 Å². The minimum absolute atomic E-state index is 0.689. The largest absolute Gasteiger partial charge is 0.284 e. The summed E-state index contributed by atoms with van der Waals surface area (Å²) in [6.07, 6.45) is 1.66. The second-order valence-electron chi connectivity index (χ2n) is 6.80. The van der Waals surface area contributed by atoms with Crippen LogP contribution in [-0.2, 0) is 0 Å². The second kappa shape index (κ2) is 10.7. The van der Waals surface area contributed by atoms with E-state index in [4.69, 9.17) is 0 Å². The Balaban J connectivity index is 1.68. The van der Waals surface area contributed by atoms with E-state index in [1.807, 2.05) is 61.5 Å². The number of hydrazone groups is 1. The Labute approximate surface area is 207 Å². The van der Waals surface area contributed by atoms with Gasteiger partial charge in [-0.1, -0.05) is 62.2 Å². The summed E-state index contributed by atoms with van der Waals surface area (Å²) in [5, 5.41) is 15.2. The van der Waals surface area contributed by atoms with Crippen molar-refractivity contribution in [3.63, 3.8) is 0 Å². The number of benzene rings is 3. The highest BCUT2D eigenvalue weighted by atomic mass is 79.9. The first-order valence-corrected chi connectivity index (χ1v) is 12.2. The number of rotatable bonds is 6. The predicted molar refractivity (Wildman–Crippen MR) is 142 cm³/mol. The predicted octanol–water partition coefficient (Wildman–Crippen LogP) is 7.11. The molecule has 1 N–H and O–H groups in total. The van der Waals surface area contributed by atoms with Gasteiger partial charge in [-0.3, -0.25) is 9.99 Å². The highest BCUT2D eigenvalue weighted by molar-refractivity contribution is 9.10. The van der Waals surface area contributed by atoms with Gasteiger partial charge in [0.1, 0.15) is 0 Å². The van der Waals surface area contributed by atoms with E-state index >= 15 is 0 Å². The molecule has 1 heterocycles. The molecule has 3 aromatic carbocycles. The molecule has 32 heavy (non-hydrogen) atoms. The van der Waals surface area contributed by atoms with E-state index in [1.165, 1.54) is 0 Å². The summed E-state index contributed by atoms with van der Waals surface area (Å²) >= 11 is 8.56. The normalized spacial score (nSPS) is 12.5. The van der Waals surface area contributed by atoms with E-state index in [2.05, 4.69) is 86.8 Å². The summed E-state index contributed by atoms with van der Waals surface area (Å²) in [6, 6.07) is 26.2. The van der Waals surface area contributed by atoms with Crippen LogP contribution in [0.3, 0.4) is 0 Å². The monoisotopic (exact) mass is 567 g/mol. The molecule has 160 valence electrons. The Bertz CT molecular complexity index is 1310. The fourth-order valence-electron chi connectivity index (χ4n) is 2.90. The Hall–Kier alpha value is -2.81. The molecule has 0 amide bonds. The standard InChI is InChI=1S/C24H19Br2N5S/c1-17(15-27-29-21-5-3-2-4-6-21)28-30-24-31(22-13-11-20(26)12-14-22)23(16-32-24)18-7-9-19(25)10-8-18/h2-16,29H,1H3. The molecular weight excluding hydrogens is 550 g/mol.